The third-order valence-corrected chi connectivity index (χ3v) is 6.70. The van der Waals surface area contributed by atoms with E-state index in [4.69, 9.17) is 0 Å². The fraction of sp³-hybridized carbons (Fsp3) is 0.714. The van der Waals surface area contributed by atoms with Crippen LogP contribution >= 0.6 is 11.3 Å². The average Bonchev–Trinajstić information content (AvgIpc) is 2.91. The van der Waals surface area contributed by atoms with Gasteiger partial charge in [0.25, 0.3) is 0 Å². The maximum Gasteiger partial charge on any atom is 0.250 e. The quantitative estimate of drug-likeness (QED) is 0.746. The summed E-state index contributed by atoms with van der Waals surface area (Å²) in [6.45, 7) is 5.69. The van der Waals surface area contributed by atoms with Crippen molar-refractivity contribution in [3.05, 3.63) is 17.0 Å². The van der Waals surface area contributed by atoms with Crippen molar-refractivity contribution in [1.82, 2.24) is 14.9 Å². The van der Waals surface area contributed by atoms with Gasteiger partial charge in [-0.3, -0.25) is 0 Å². The van der Waals surface area contributed by atoms with Crippen molar-refractivity contribution in [2.75, 3.05) is 26.7 Å². The molecule has 0 atom stereocenters. The van der Waals surface area contributed by atoms with E-state index in [1.54, 1.807) is 6.07 Å². The average molecular weight is 332 g/mol. The normalized spacial score (nSPS) is 18.2. The van der Waals surface area contributed by atoms with Gasteiger partial charge in [0.2, 0.25) is 10.0 Å². The smallest absolute Gasteiger partial charge is 0.250 e. The Balaban J connectivity index is 1.93. The third kappa shape index (κ3) is 5.03. The van der Waals surface area contributed by atoms with Crippen LogP contribution in [0.4, 0.5) is 0 Å². The van der Waals surface area contributed by atoms with Gasteiger partial charge in [-0.1, -0.05) is 6.92 Å². The van der Waals surface area contributed by atoms with Crippen LogP contribution in [0.1, 0.15) is 31.7 Å². The zero-order valence-electron chi connectivity index (χ0n) is 12.8. The summed E-state index contributed by atoms with van der Waals surface area (Å²) in [6.07, 6.45) is 2.84. The van der Waals surface area contributed by atoms with Crippen molar-refractivity contribution < 1.29 is 8.42 Å². The summed E-state index contributed by atoms with van der Waals surface area (Å²) in [6, 6.07) is 1.85. The molecule has 0 aliphatic carbocycles. The zero-order chi connectivity index (χ0) is 15.3. The van der Waals surface area contributed by atoms with Crippen LogP contribution in [0, 0.1) is 0 Å². The Morgan fingerprint density at radius 2 is 2.10 bits per heavy atom. The molecule has 2 N–H and O–H groups in total. The molecular weight excluding hydrogens is 306 g/mol. The van der Waals surface area contributed by atoms with Gasteiger partial charge in [-0.05, 0) is 63.0 Å². The van der Waals surface area contributed by atoms with Gasteiger partial charge >= 0.3 is 0 Å². The van der Waals surface area contributed by atoms with Gasteiger partial charge in [0.1, 0.15) is 4.21 Å². The van der Waals surface area contributed by atoms with E-state index in [9.17, 15) is 8.42 Å². The molecule has 120 valence electrons. The first kappa shape index (κ1) is 16.9. The predicted octanol–water partition coefficient (Wildman–Crippen LogP) is 1.62. The Bertz CT molecular complexity index is 534. The highest BCUT2D eigenvalue weighted by Gasteiger charge is 2.24. The van der Waals surface area contributed by atoms with E-state index in [1.165, 1.54) is 11.3 Å². The van der Waals surface area contributed by atoms with Crippen LogP contribution in [-0.2, 0) is 16.6 Å². The molecule has 2 rings (SSSR count). The number of hydrogen-bond donors (Lipinski definition) is 2. The lowest BCUT2D eigenvalue weighted by Gasteiger charge is -2.29. The molecule has 0 bridgehead atoms. The van der Waals surface area contributed by atoms with Gasteiger partial charge in [0.15, 0.2) is 0 Å². The summed E-state index contributed by atoms with van der Waals surface area (Å²) in [5, 5.41) is 5.21. The summed E-state index contributed by atoms with van der Waals surface area (Å²) >= 11 is 1.30. The fourth-order valence-corrected chi connectivity index (χ4v) is 4.93. The van der Waals surface area contributed by atoms with Crippen molar-refractivity contribution in [3.8, 4) is 0 Å². The lowest BCUT2D eigenvalue weighted by Crippen LogP contribution is -2.43. The number of likely N-dealkylation sites (tertiary alicyclic amines) is 1. The maximum absolute atomic E-state index is 12.4. The number of thiophene rings is 1. The lowest BCUT2D eigenvalue weighted by molar-refractivity contribution is 0.248. The van der Waals surface area contributed by atoms with E-state index in [0.717, 1.165) is 51.0 Å². The Kier molecular flexibility index (Phi) is 6.19. The van der Waals surface area contributed by atoms with Crippen LogP contribution in [-0.4, -0.2) is 46.0 Å². The molecule has 0 saturated carbocycles. The van der Waals surface area contributed by atoms with Crippen LogP contribution in [0.3, 0.4) is 0 Å². The first-order chi connectivity index (χ1) is 10.0. The Labute approximate surface area is 131 Å². The minimum Gasteiger partial charge on any atom is -0.313 e. The molecular formula is C14H25N3O2S2. The molecule has 21 heavy (non-hydrogen) atoms. The number of nitrogens with zero attached hydrogens (tertiary/aromatic N) is 1. The molecule has 7 heteroatoms. The zero-order valence-corrected chi connectivity index (χ0v) is 14.4. The number of hydrogen-bond acceptors (Lipinski definition) is 5. The molecule has 1 fully saturated rings. The molecule has 0 amide bonds. The van der Waals surface area contributed by atoms with Crippen LogP contribution < -0.4 is 10.0 Å². The first-order valence-electron chi connectivity index (χ1n) is 7.50. The van der Waals surface area contributed by atoms with Crippen LogP contribution in [0.25, 0.3) is 0 Å². The highest BCUT2D eigenvalue weighted by atomic mass is 32.2. The van der Waals surface area contributed by atoms with Gasteiger partial charge in [-0.25, -0.2) is 13.1 Å². The van der Waals surface area contributed by atoms with E-state index in [0.29, 0.717) is 4.21 Å². The molecule has 0 unspecified atom stereocenters. The maximum atomic E-state index is 12.4. The number of piperidine rings is 1. The van der Waals surface area contributed by atoms with Crippen molar-refractivity contribution in [2.24, 2.45) is 0 Å². The van der Waals surface area contributed by atoms with E-state index in [2.05, 4.69) is 28.9 Å². The van der Waals surface area contributed by atoms with Crippen LogP contribution in [0.15, 0.2) is 15.7 Å². The van der Waals surface area contributed by atoms with Gasteiger partial charge in [0.05, 0.1) is 0 Å². The molecule has 1 saturated heterocycles. The first-order valence-corrected chi connectivity index (χ1v) is 9.86. The molecule has 1 aromatic heterocycles. The fourth-order valence-electron chi connectivity index (χ4n) is 2.40. The molecule has 1 aliphatic rings. The van der Waals surface area contributed by atoms with E-state index in [1.807, 2.05) is 5.38 Å². The summed E-state index contributed by atoms with van der Waals surface area (Å²) in [5.41, 5.74) is 1.04. The van der Waals surface area contributed by atoms with Gasteiger partial charge in [0, 0.05) is 12.6 Å². The monoisotopic (exact) mass is 331 g/mol. The van der Waals surface area contributed by atoms with Crippen molar-refractivity contribution in [3.63, 3.8) is 0 Å². The standard InChI is InChI=1S/C14H25N3O2S2/c1-3-6-15-10-12-9-14(20-11-12)21(18,19)16-13-4-7-17(2)8-5-13/h9,11,13,15-16H,3-8,10H2,1-2H3. The Hall–Kier alpha value is -0.470. The number of nitrogens with one attached hydrogen (secondary N) is 2. The lowest BCUT2D eigenvalue weighted by atomic mass is 10.1. The summed E-state index contributed by atoms with van der Waals surface area (Å²) in [7, 11) is -1.30. The molecule has 0 spiro atoms. The predicted molar refractivity (Wildman–Crippen MR) is 87.2 cm³/mol. The molecule has 1 aliphatic heterocycles. The topological polar surface area (TPSA) is 61.4 Å². The van der Waals surface area contributed by atoms with E-state index >= 15 is 0 Å². The Morgan fingerprint density at radius 3 is 2.76 bits per heavy atom. The van der Waals surface area contributed by atoms with Gasteiger partial charge in [-0.15, -0.1) is 11.3 Å². The number of rotatable bonds is 7. The molecule has 1 aromatic rings. The van der Waals surface area contributed by atoms with E-state index < -0.39 is 10.0 Å². The van der Waals surface area contributed by atoms with Gasteiger partial charge < -0.3 is 10.2 Å². The second kappa shape index (κ2) is 7.69. The van der Waals surface area contributed by atoms with Crippen molar-refractivity contribution >= 4 is 21.4 Å². The molecule has 0 radical (unpaired) electrons. The second-order valence-corrected chi connectivity index (χ2v) is 8.50. The van der Waals surface area contributed by atoms with E-state index in [-0.39, 0.29) is 6.04 Å². The highest BCUT2D eigenvalue weighted by molar-refractivity contribution is 7.91. The van der Waals surface area contributed by atoms with Crippen molar-refractivity contribution in [1.29, 1.82) is 0 Å². The second-order valence-electron chi connectivity index (χ2n) is 5.65. The van der Waals surface area contributed by atoms with Crippen LogP contribution in [0.5, 0.6) is 0 Å². The highest BCUT2D eigenvalue weighted by Crippen LogP contribution is 2.21. The number of sulfonamides is 1. The summed E-state index contributed by atoms with van der Waals surface area (Å²) in [5.74, 6) is 0. The minimum atomic E-state index is -3.36. The summed E-state index contributed by atoms with van der Waals surface area (Å²) in [4.78, 5) is 2.23. The van der Waals surface area contributed by atoms with Gasteiger partial charge in [-0.2, -0.15) is 0 Å². The third-order valence-electron chi connectivity index (χ3n) is 3.69. The van der Waals surface area contributed by atoms with Crippen molar-refractivity contribution in [2.45, 2.75) is 43.0 Å². The molecule has 5 nitrogen and oxygen atoms in total. The Morgan fingerprint density at radius 1 is 1.38 bits per heavy atom. The SMILES string of the molecule is CCCNCc1csc(S(=O)(=O)NC2CCN(C)CC2)c1. The van der Waals surface area contributed by atoms with Crippen LogP contribution in [0.2, 0.25) is 0 Å². The molecule has 2 heterocycles. The molecule has 0 aromatic carbocycles. The summed E-state index contributed by atoms with van der Waals surface area (Å²) < 4.78 is 28.1. The largest absolute Gasteiger partial charge is 0.313 e. The minimum absolute atomic E-state index is 0.0648.